The summed E-state index contributed by atoms with van der Waals surface area (Å²) in [5.41, 5.74) is -0.658. The Morgan fingerprint density at radius 3 is 2.35 bits per heavy atom. The molecule has 8 heteroatoms. The first-order valence-electron chi connectivity index (χ1n) is 8.86. The minimum Gasteiger partial charge on any atom is -0.467 e. The fourth-order valence-corrected chi connectivity index (χ4v) is 2.83. The van der Waals surface area contributed by atoms with Crippen LogP contribution in [0.1, 0.15) is 53.9 Å². The first-order chi connectivity index (χ1) is 12.0. The van der Waals surface area contributed by atoms with Gasteiger partial charge in [0.25, 0.3) is 0 Å². The van der Waals surface area contributed by atoms with E-state index in [-0.39, 0.29) is 18.1 Å². The average Bonchev–Trinajstić information content (AvgIpc) is 3.00. The van der Waals surface area contributed by atoms with Crippen molar-refractivity contribution in [3.63, 3.8) is 0 Å². The van der Waals surface area contributed by atoms with Crippen LogP contribution in [-0.4, -0.2) is 60.0 Å². The number of amides is 2. The molecule has 1 saturated heterocycles. The van der Waals surface area contributed by atoms with Crippen molar-refractivity contribution >= 4 is 23.8 Å². The molecule has 0 aromatic carbocycles. The molecule has 26 heavy (non-hydrogen) atoms. The second-order valence-electron chi connectivity index (χ2n) is 7.65. The molecule has 1 heterocycles. The molecule has 1 rings (SSSR count). The summed E-state index contributed by atoms with van der Waals surface area (Å²) in [6, 6.07) is -1.35. The summed E-state index contributed by atoms with van der Waals surface area (Å²) >= 11 is 0. The Morgan fingerprint density at radius 2 is 1.81 bits per heavy atom. The number of Topliss-reactive ketones (excluding diaryl/α,β-unsaturated/α-hetero) is 1. The third-order valence-corrected chi connectivity index (χ3v) is 4.15. The molecule has 1 aliphatic heterocycles. The minimum absolute atomic E-state index is 0.0276. The van der Waals surface area contributed by atoms with Gasteiger partial charge in [-0.2, -0.15) is 0 Å². The van der Waals surface area contributed by atoms with E-state index < -0.39 is 35.7 Å². The van der Waals surface area contributed by atoms with Crippen molar-refractivity contribution in [1.82, 2.24) is 10.2 Å². The smallest absolute Gasteiger partial charge is 0.408 e. The van der Waals surface area contributed by atoms with Crippen LogP contribution < -0.4 is 5.32 Å². The molecule has 0 aliphatic carbocycles. The molecular formula is C18H30N2O6. The normalized spacial score (nSPS) is 19.5. The molecule has 3 atom stereocenters. The lowest BCUT2D eigenvalue weighted by Gasteiger charge is -2.26. The van der Waals surface area contributed by atoms with Crippen LogP contribution in [0, 0.1) is 5.92 Å². The van der Waals surface area contributed by atoms with Crippen molar-refractivity contribution in [2.45, 2.75) is 71.6 Å². The molecule has 8 nitrogen and oxygen atoms in total. The zero-order chi connectivity index (χ0) is 20.1. The first kappa shape index (κ1) is 21.9. The standard InChI is InChI=1S/C18H30N2O6/c1-11(15(22)20-9-7-8-13(20)16(23)25-6)10-14(21)12(2)19-17(24)26-18(3,4)5/h11-13H,7-10H2,1-6H3,(H,19,24). The van der Waals surface area contributed by atoms with Gasteiger partial charge in [-0.3, -0.25) is 9.59 Å². The van der Waals surface area contributed by atoms with Crippen LogP contribution in [0.2, 0.25) is 0 Å². The maximum Gasteiger partial charge on any atom is 0.408 e. The highest BCUT2D eigenvalue weighted by Gasteiger charge is 2.37. The number of carbonyl (C=O) groups excluding carboxylic acids is 4. The van der Waals surface area contributed by atoms with E-state index in [2.05, 4.69) is 5.32 Å². The predicted octanol–water partition coefficient (Wildman–Crippen LogP) is 1.66. The Balaban J connectivity index is 2.58. The first-order valence-corrected chi connectivity index (χ1v) is 8.86. The molecule has 1 N–H and O–H groups in total. The number of nitrogens with one attached hydrogen (secondary N) is 1. The van der Waals surface area contributed by atoms with Crippen molar-refractivity contribution in [3.05, 3.63) is 0 Å². The number of esters is 1. The molecule has 0 aromatic rings. The number of hydrogen-bond donors (Lipinski definition) is 1. The minimum atomic E-state index is -0.768. The highest BCUT2D eigenvalue weighted by molar-refractivity contribution is 5.92. The summed E-state index contributed by atoms with van der Waals surface area (Å²) in [6.45, 7) is 8.86. The van der Waals surface area contributed by atoms with Crippen LogP contribution in [0.25, 0.3) is 0 Å². The van der Waals surface area contributed by atoms with Crippen LogP contribution in [0.4, 0.5) is 4.79 Å². The van der Waals surface area contributed by atoms with E-state index in [1.807, 2.05) is 0 Å². The summed E-state index contributed by atoms with van der Waals surface area (Å²) in [7, 11) is 1.29. The molecule has 0 spiro atoms. The number of ether oxygens (including phenoxy) is 2. The van der Waals surface area contributed by atoms with E-state index in [9.17, 15) is 19.2 Å². The van der Waals surface area contributed by atoms with Gasteiger partial charge in [0.15, 0.2) is 5.78 Å². The number of likely N-dealkylation sites (tertiary alicyclic amines) is 1. The van der Waals surface area contributed by atoms with Gasteiger partial charge < -0.3 is 19.7 Å². The summed E-state index contributed by atoms with van der Waals surface area (Å²) < 4.78 is 9.85. The summed E-state index contributed by atoms with van der Waals surface area (Å²) in [6.07, 6.45) is 0.584. The Kier molecular flexibility index (Phi) is 7.59. The summed E-state index contributed by atoms with van der Waals surface area (Å²) in [5, 5.41) is 2.48. The summed E-state index contributed by atoms with van der Waals surface area (Å²) in [5.74, 6) is -1.55. The molecule has 1 aliphatic rings. The Morgan fingerprint density at radius 1 is 1.19 bits per heavy atom. The van der Waals surface area contributed by atoms with E-state index in [1.54, 1.807) is 34.6 Å². The Bertz CT molecular complexity index is 554. The van der Waals surface area contributed by atoms with Gasteiger partial charge in [-0.05, 0) is 40.5 Å². The number of carbonyl (C=O) groups is 4. The van der Waals surface area contributed by atoms with E-state index in [4.69, 9.17) is 9.47 Å². The van der Waals surface area contributed by atoms with Gasteiger partial charge in [-0.25, -0.2) is 9.59 Å². The molecule has 148 valence electrons. The van der Waals surface area contributed by atoms with Gasteiger partial charge in [0, 0.05) is 18.9 Å². The molecular weight excluding hydrogens is 340 g/mol. The monoisotopic (exact) mass is 370 g/mol. The van der Waals surface area contributed by atoms with Crippen LogP contribution >= 0.6 is 0 Å². The molecule has 3 unspecified atom stereocenters. The predicted molar refractivity (Wildman–Crippen MR) is 94.4 cm³/mol. The van der Waals surface area contributed by atoms with Gasteiger partial charge in [0.1, 0.15) is 11.6 Å². The van der Waals surface area contributed by atoms with E-state index in [0.717, 1.165) is 6.42 Å². The molecule has 0 aromatic heterocycles. The number of alkyl carbamates (subject to hydrolysis) is 1. The number of nitrogens with zero attached hydrogens (tertiary/aromatic N) is 1. The Hall–Kier alpha value is -2.12. The van der Waals surface area contributed by atoms with Crippen molar-refractivity contribution < 1.29 is 28.7 Å². The fraction of sp³-hybridized carbons (Fsp3) is 0.778. The SMILES string of the molecule is COC(=O)C1CCCN1C(=O)C(C)CC(=O)C(C)NC(=O)OC(C)(C)C. The van der Waals surface area contributed by atoms with Crippen LogP contribution in [0.5, 0.6) is 0 Å². The topological polar surface area (TPSA) is 102 Å². The van der Waals surface area contributed by atoms with E-state index in [1.165, 1.54) is 12.0 Å². The number of rotatable bonds is 6. The van der Waals surface area contributed by atoms with Crippen molar-refractivity contribution in [2.24, 2.45) is 5.92 Å². The molecule has 0 saturated carbocycles. The van der Waals surface area contributed by atoms with Crippen molar-refractivity contribution in [2.75, 3.05) is 13.7 Å². The molecule has 0 bridgehead atoms. The van der Waals surface area contributed by atoms with Gasteiger partial charge in [-0.1, -0.05) is 6.92 Å². The number of ketones is 1. The van der Waals surface area contributed by atoms with Gasteiger partial charge in [-0.15, -0.1) is 0 Å². The lowest BCUT2D eigenvalue weighted by atomic mass is 9.99. The van der Waals surface area contributed by atoms with Crippen LogP contribution in [0.3, 0.4) is 0 Å². The lowest BCUT2D eigenvalue weighted by molar-refractivity contribution is -0.152. The fourth-order valence-electron chi connectivity index (χ4n) is 2.83. The molecule has 0 radical (unpaired) electrons. The largest absolute Gasteiger partial charge is 0.467 e. The highest BCUT2D eigenvalue weighted by Crippen LogP contribution is 2.22. The highest BCUT2D eigenvalue weighted by atomic mass is 16.6. The second kappa shape index (κ2) is 9.00. The third kappa shape index (κ3) is 6.31. The van der Waals surface area contributed by atoms with E-state index in [0.29, 0.717) is 13.0 Å². The quantitative estimate of drug-likeness (QED) is 0.714. The van der Waals surface area contributed by atoms with Gasteiger partial charge in [0.05, 0.1) is 13.2 Å². The number of hydrogen-bond acceptors (Lipinski definition) is 6. The lowest BCUT2D eigenvalue weighted by Crippen LogP contribution is -2.45. The van der Waals surface area contributed by atoms with Crippen molar-refractivity contribution in [3.8, 4) is 0 Å². The molecule has 1 fully saturated rings. The third-order valence-electron chi connectivity index (χ3n) is 4.15. The summed E-state index contributed by atoms with van der Waals surface area (Å²) in [4.78, 5) is 49.9. The number of methoxy groups -OCH3 is 1. The van der Waals surface area contributed by atoms with E-state index >= 15 is 0 Å². The second-order valence-corrected chi connectivity index (χ2v) is 7.65. The van der Waals surface area contributed by atoms with Crippen LogP contribution in [-0.2, 0) is 23.9 Å². The Labute approximate surface area is 154 Å². The maximum atomic E-state index is 12.6. The zero-order valence-electron chi connectivity index (χ0n) is 16.5. The van der Waals surface area contributed by atoms with Gasteiger partial charge >= 0.3 is 12.1 Å². The zero-order valence-corrected chi connectivity index (χ0v) is 16.5. The van der Waals surface area contributed by atoms with Crippen molar-refractivity contribution in [1.29, 1.82) is 0 Å². The maximum absolute atomic E-state index is 12.6. The average molecular weight is 370 g/mol. The van der Waals surface area contributed by atoms with Gasteiger partial charge in [0.2, 0.25) is 5.91 Å². The van der Waals surface area contributed by atoms with Crippen LogP contribution in [0.15, 0.2) is 0 Å². The molecule has 2 amide bonds.